The predicted octanol–water partition coefficient (Wildman–Crippen LogP) is 6.28. The topological polar surface area (TPSA) is 90.1 Å². The maximum Gasteiger partial charge on any atom is 0.409 e. The Labute approximate surface area is 230 Å². The lowest BCUT2D eigenvalue weighted by Gasteiger charge is -2.45. The van der Waals surface area contributed by atoms with Crippen LogP contribution in [0, 0.1) is 5.92 Å². The minimum absolute atomic E-state index is 0.163. The summed E-state index contributed by atoms with van der Waals surface area (Å²) >= 11 is 0. The van der Waals surface area contributed by atoms with Gasteiger partial charge in [0.15, 0.2) is 5.65 Å². The van der Waals surface area contributed by atoms with E-state index in [0.29, 0.717) is 30.4 Å². The summed E-state index contributed by atoms with van der Waals surface area (Å²) in [4.78, 5) is 24.9. The second kappa shape index (κ2) is 10.6. The van der Waals surface area contributed by atoms with E-state index < -0.39 is 0 Å². The van der Waals surface area contributed by atoms with Crippen LogP contribution < -0.4 is 0 Å². The molecule has 6 rings (SSSR count). The number of H-pyrrole nitrogens is 2. The third-order valence-corrected chi connectivity index (χ3v) is 8.92. The van der Waals surface area contributed by atoms with Crippen LogP contribution in [0.25, 0.3) is 33.2 Å². The highest BCUT2D eigenvalue weighted by Crippen LogP contribution is 2.40. The number of nitrogens with zero attached hydrogens (tertiary/aromatic N) is 4. The molecule has 0 bridgehead atoms. The third-order valence-electron chi connectivity index (χ3n) is 8.92. The van der Waals surface area contributed by atoms with Crippen LogP contribution in [-0.4, -0.2) is 74.9 Å². The van der Waals surface area contributed by atoms with Gasteiger partial charge < -0.3 is 14.6 Å². The summed E-state index contributed by atoms with van der Waals surface area (Å²) in [6, 6.07) is 9.67. The number of pyridine rings is 1. The Morgan fingerprint density at radius 2 is 1.95 bits per heavy atom. The molecule has 1 aromatic carbocycles. The lowest BCUT2D eigenvalue weighted by Crippen LogP contribution is -2.53. The monoisotopic (exact) mass is 528 g/mol. The van der Waals surface area contributed by atoms with E-state index >= 15 is 0 Å². The van der Waals surface area contributed by atoms with Crippen LogP contribution in [0.3, 0.4) is 0 Å². The number of fused-ring (bicyclic) bond motifs is 2. The van der Waals surface area contributed by atoms with Gasteiger partial charge in [0.25, 0.3) is 0 Å². The molecule has 2 N–H and O–H groups in total. The van der Waals surface area contributed by atoms with E-state index in [0.717, 1.165) is 49.2 Å². The molecule has 2 aliphatic heterocycles. The van der Waals surface area contributed by atoms with Crippen molar-refractivity contribution in [3.63, 3.8) is 0 Å². The number of aromatic nitrogens is 4. The molecule has 5 heterocycles. The minimum atomic E-state index is -0.163. The highest BCUT2D eigenvalue weighted by molar-refractivity contribution is 5.98. The fourth-order valence-corrected chi connectivity index (χ4v) is 6.99. The normalized spacial score (nSPS) is 21.3. The van der Waals surface area contributed by atoms with Crippen LogP contribution in [0.2, 0.25) is 0 Å². The van der Waals surface area contributed by atoms with Crippen molar-refractivity contribution in [1.29, 1.82) is 0 Å². The molecule has 1 amide bonds. The van der Waals surface area contributed by atoms with Crippen LogP contribution in [0.5, 0.6) is 0 Å². The second-order valence-electron chi connectivity index (χ2n) is 11.7. The summed E-state index contributed by atoms with van der Waals surface area (Å²) < 4.78 is 5.23. The fourth-order valence-electron chi connectivity index (χ4n) is 6.99. The maximum absolute atomic E-state index is 12.2. The van der Waals surface area contributed by atoms with Crippen molar-refractivity contribution in [3.05, 3.63) is 47.8 Å². The Morgan fingerprint density at radius 3 is 2.69 bits per heavy atom. The first-order valence-corrected chi connectivity index (χ1v) is 14.5. The quantitative estimate of drug-likeness (QED) is 0.318. The minimum Gasteiger partial charge on any atom is -0.450 e. The molecular weight excluding hydrogens is 488 g/mol. The largest absolute Gasteiger partial charge is 0.450 e. The van der Waals surface area contributed by atoms with Crippen LogP contribution in [0.1, 0.15) is 69.9 Å². The second-order valence-corrected chi connectivity index (χ2v) is 11.7. The highest BCUT2D eigenvalue weighted by Gasteiger charge is 2.35. The molecule has 4 aromatic rings. The molecule has 0 saturated carbocycles. The Hall–Kier alpha value is -3.39. The van der Waals surface area contributed by atoms with Crippen molar-refractivity contribution in [2.24, 2.45) is 5.92 Å². The molecule has 206 valence electrons. The first-order valence-electron chi connectivity index (χ1n) is 14.5. The van der Waals surface area contributed by atoms with Gasteiger partial charge in [-0.05, 0) is 86.4 Å². The standard InChI is InChI=1S/C31H40N6O2/c1-5-39-31(38)37-15-11-27(20(4)18-37)36-13-9-21(10-14-36)22-6-7-26-24(16-22)28(19(2)3)29(34-26)23-8-12-32-30-25(23)17-33-35-30/h6-8,12,16-17,19-21,27,34H,5,9-11,13-15,18H2,1-4H3,(H,32,33,35). The van der Waals surface area contributed by atoms with Gasteiger partial charge in [0.1, 0.15) is 0 Å². The Balaban J connectivity index is 1.20. The van der Waals surface area contributed by atoms with E-state index in [2.05, 4.69) is 70.1 Å². The summed E-state index contributed by atoms with van der Waals surface area (Å²) in [5.41, 5.74) is 7.12. The van der Waals surface area contributed by atoms with Crippen molar-refractivity contribution in [1.82, 2.24) is 30.0 Å². The van der Waals surface area contributed by atoms with Crippen molar-refractivity contribution >= 4 is 28.0 Å². The molecule has 8 heteroatoms. The molecule has 2 unspecified atom stereocenters. The van der Waals surface area contributed by atoms with Gasteiger partial charge in [-0.2, -0.15) is 5.10 Å². The highest BCUT2D eigenvalue weighted by atomic mass is 16.6. The van der Waals surface area contributed by atoms with E-state index in [1.54, 1.807) is 0 Å². The van der Waals surface area contributed by atoms with Gasteiger partial charge in [0.2, 0.25) is 0 Å². The van der Waals surface area contributed by atoms with Gasteiger partial charge in [0.05, 0.1) is 18.5 Å². The summed E-state index contributed by atoms with van der Waals surface area (Å²) in [5.74, 6) is 1.40. The zero-order chi connectivity index (χ0) is 27.1. The van der Waals surface area contributed by atoms with Gasteiger partial charge in [-0.1, -0.05) is 26.8 Å². The molecule has 2 atom stereocenters. The first-order chi connectivity index (χ1) is 18.9. The molecule has 0 spiro atoms. The first kappa shape index (κ1) is 25.9. The lowest BCUT2D eigenvalue weighted by atomic mass is 9.85. The predicted molar refractivity (Wildman–Crippen MR) is 155 cm³/mol. The molecular formula is C31H40N6O2. The molecule has 0 aliphatic carbocycles. The van der Waals surface area contributed by atoms with E-state index in [1.165, 1.54) is 40.6 Å². The van der Waals surface area contributed by atoms with Gasteiger partial charge in [0, 0.05) is 47.2 Å². The molecule has 0 radical (unpaired) electrons. The van der Waals surface area contributed by atoms with Crippen LogP contribution in [0.15, 0.2) is 36.7 Å². The average molecular weight is 529 g/mol. The summed E-state index contributed by atoms with van der Waals surface area (Å²) in [5, 5.41) is 9.60. The number of carbonyl (C=O) groups is 1. The Bertz CT molecular complexity index is 1460. The van der Waals surface area contributed by atoms with Crippen molar-refractivity contribution in [2.75, 3.05) is 32.8 Å². The number of rotatable bonds is 5. The van der Waals surface area contributed by atoms with Crippen molar-refractivity contribution in [2.45, 2.75) is 64.8 Å². The number of hydrogen-bond acceptors (Lipinski definition) is 5. The average Bonchev–Trinajstić information content (AvgIpc) is 3.58. The number of ether oxygens (including phenoxy) is 1. The van der Waals surface area contributed by atoms with Crippen LogP contribution >= 0.6 is 0 Å². The number of amides is 1. The van der Waals surface area contributed by atoms with Gasteiger partial charge in [-0.3, -0.25) is 10.00 Å². The van der Waals surface area contributed by atoms with E-state index in [-0.39, 0.29) is 6.09 Å². The summed E-state index contributed by atoms with van der Waals surface area (Å²) in [6.45, 7) is 13.0. The molecule has 2 fully saturated rings. The number of hydrogen-bond donors (Lipinski definition) is 2. The number of nitrogens with one attached hydrogen (secondary N) is 2. The van der Waals surface area contributed by atoms with Crippen LogP contribution in [0.4, 0.5) is 4.79 Å². The molecule has 2 saturated heterocycles. The fraction of sp³-hybridized carbons (Fsp3) is 0.516. The molecule has 3 aromatic heterocycles. The number of benzene rings is 1. The molecule has 2 aliphatic rings. The third kappa shape index (κ3) is 4.80. The summed E-state index contributed by atoms with van der Waals surface area (Å²) in [7, 11) is 0. The molecule has 39 heavy (non-hydrogen) atoms. The van der Waals surface area contributed by atoms with Gasteiger partial charge in [-0.25, -0.2) is 9.78 Å². The van der Waals surface area contributed by atoms with Crippen molar-refractivity contribution in [3.8, 4) is 11.3 Å². The molecule has 8 nitrogen and oxygen atoms in total. The maximum atomic E-state index is 12.2. The Kier molecular flexibility index (Phi) is 7.06. The van der Waals surface area contributed by atoms with Crippen molar-refractivity contribution < 1.29 is 9.53 Å². The van der Waals surface area contributed by atoms with Gasteiger partial charge in [-0.15, -0.1) is 0 Å². The lowest BCUT2D eigenvalue weighted by molar-refractivity contribution is 0.0385. The smallest absolute Gasteiger partial charge is 0.409 e. The van der Waals surface area contributed by atoms with E-state index in [4.69, 9.17) is 4.74 Å². The number of piperidine rings is 2. The number of carbonyl (C=O) groups excluding carboxylic acids is 1. The number of aromatic amines is 2. The SMILES string of the molecule is CCOC(=O)N1CCC(N2CCC(c3ccc4[nH]c(-c5ccnc6[nH]ncc56)c(C(C)C)c4c3)CC2)C(C)C1. The Morgan fingerprint density at radius 1 is 1.13 bits per heavy atom. The van der Waals surface area contributed by atoms with Gasteiger partial charge >= 0.3 is 6.09 Å². The van der Waals surface area contributed by atoms with E-state index in [9.17, 15) is 4.79 Å². The number of likely N-dealkylation sites (tertiary alicyclic amines) is 2. The van der Waals surface area contributed by atoms with E-state index in [1.807, 2.05) is 24.2 Å². The zero-order valence-electron chi connectivity index (χ0n) is 23.5. The zero-order valence-corrected chi connectivity index (χ0v) is 23.5. The van der Waals surface area contributed by atoms with Crippen LogP contribution in [-0.2, 0) is 4.74 Å². The summed E-state index contributed by atoms with van der Waals surface area (Å²) in [6.07, 6.45) is 6.93.